The highest BCUT2D eigenvalue weighted by atomic mass is 32.1. The number of furan rings is 1. The van der Waals surface area contributed by atoms with Gasteiger partial charge in [-0.15, -0.1) is 11.3 Å². The number of rotatable bonds is 5. The highest BCUT2D eigenvalue weighted by Gasteiger charge is 2.32. The van der Waals surface area contributed by atoms with Gasteiger partial charge in [0.2, 0.25) is 5.76 Å². The Bertz CT molecular complexity index is 1180. The average molecular weight is 443 g/mol. The Morgan fingerprint density at radius 3 is 2.81 bits per heavy atom. The topological polar surface area (TPSA) is 74.3 Å². The molecule has 3 aromatic heterocycles. The summed E-state index contributed by atoms with van der Waals surface area (Å²) in [5.41, 5.74) is 1.44. The lowest BCUT2D eigenvalue weighted by molar-refractivity contribution is 0.0563. The van der Waals surface area contributed by atoms with Gasteiger partial charge < -0.3 is 9.15 Å². The summed E-state index contributed by atoms with van der Waals surface area (Å²) in [5, 5.41) is 0.770. The molecule has 6 nitrogen and oxygen atoms in total. The van der Waals surface area contributed by atoms with Crippen LogP contribution in [-0.2, 0) is 30.5 Å². The van der Waals surface area contributed by atoms with Crippen molar-refractivity contribution in [2.24, 2.45) is 11.3 Å². The van der Waals surface area contributed by atoms with Gasteiger partial charge in [0.1, 0.15) is 16.4 Å². The second-order valence-electron chi connectivity index (χ2n) is 9.42. The second kappa shape index (κ2) is 8.26. The van der Waals surface area contributed by atoms with Gasteiger partial charge in [0.25, 0.3) is 5.56 Å². The number of thiophene rings is 1. The minimum atomic E-state index is -0.527. The Morgan fingerprint density at radius 2 is 2.13 bits per heavy atom. The van der Waals surface area contributed by atoms with E-state index in [1.807, 2.05) is 0 Å². The highest BCUT2D eigenvalue weighted by molar-refractivity contribution is 7.18. The largest absolute Gasteiger partial charge is 0.463 e. The molecule has 0 saturated heterocycles. The van der Waals surface area contributed by atoms with E-state index >= 15 is 0 Å². The number of aromatic nitrogens is 2. The first kappa shape index (κ1) is 21.8. The third kappa shape index (κ3) is 4.07. The van der Waals surface area contributed by atoms with Crippen molar-refractivity contribution in [3.05, 3.63) is 50.3 Å². The molecule has 1 aliphatic carbocycles. The molecule has 3 heterocycles. The molecule has 1 unspecified atom stereocenters. The van der Waals surface area contributed by atoms with Crippen LogP contribution < -0.4 is 5.56 Å². The fourth-order valence-electron chi connectivity index (χ4n) is 4.45. The third-order valence-corrected chi connectivity index (χ3v) is 7.46. The molecular formula is C24H30N2O4S. The van der Waals surface area contributed by atoms with Crippen LogP contribution in [0.4, 0.5) is 0 Å². The van der Waals surface area contributed by atoms with E-state index in [0.29, 0.717) is 18.1 Å². The summed E-state index contributed by atoms with van der Waals surface area (Å²) in [6.07, 6.45) is 4.64. The number of methoxy groups -OCH3 is 1. The minimum Gasteiger partial charge on any atom is -0.463 e. The van der Waals surface area contributed by atoms with Gasteiger partial charge in [-0.25, -0.2) is 9.78 Å². The lowest BCUT2D eigenvalue weighted by Crippen LogP contribution is -2.28. The molecule has 0 spiro atoms. The number of aryl methyl sites for hydroxylation is 2. The van der Waals surface area contributed by atoms with Crippen LogP contribution in [0, 0.1) is 11.3 Å². The second-order valence-corrected chi connectivity index (χ2v) is 10.5. The standard InChI is InChI=1S/C24H30N2O4S/c1-6-7-19-25-21-20(16-10-8-14(24(2,3)4)12-18(16)31-21)22(27)26(19)13-15-9-11-17(30-15)23(28)29-5/h9,11,14H,6-8,10,12-13H2,1-5H3. The van der Waals surface area contributed by atoms with Crippen molar-refractivity contribution in [1.82, 2.24) is 9.55 Å². The van der Waals surface area contributed by atoms with Crippen molar-refractivity contribution in [2.45, 2.75) is 66.3 Å². The number of carbonyl (C=O) groups is 1. The first-order valence-electron chi connectivity index (χ1n) is 10.9. The summed E-state index contributed by atoms with van der Waals surface area (Å²) >= 11 is 1.69. The summed E-state index contributed by atoms with van der Waals surface area (Å²) in [6.45, 7) is 9.23. The predicted molar refractivity (Wildman–Crippen MR) is 122 cm³/mol. The maximum atomic E-state index is 13.6. The molecule has 3 aromatic rings. The summed E-state index contributed by atoms with van der Waals surface area (Å²) < 4.78 is 12.1. The smallest absolute Gasteiger partial charge is 0.373 e. The SMILES string of the molecule is CCCc1nc2sc3c(c2c(=O)n1Cc1ccc(C(=O)OC)o1)CCC(C(C)(C)C)C3. The van der Waals surface area contributed by atoms with Crippen molar-refractivity contribution in [3.63, 3.8) is 0 Å². The number of carbonyl (C=O) groups excluding carboxylic acids is 1. The molecule has 1 atom stereocenters. The molecular weight excluding hydrogens is 412 g/mol. The van der Waals surface area contributed by atoms with E-state index < -0.39 is 5.97 Å². The fourth-order valence-corrected chi connectivity index (χ4v) is 5.76. The number of hydrogen-bond acceptors (Lipinski definition) is 6. The van der Waals surface area contributed by atoms with Crippen molar-refractivity contribution < 1.29 is 13.9 Å². The summed E-state index contributed by atoms with van der Waals surface area (Å²) in [4.78, 5) is 32.4. The number of esters is 1. The Morgan fingerprint density at radius 1 is 1.35 bits per heavy atom. The van der Waals surface area contributed by atoms with Gasteiger partial charge in [0.05, 0.1) is 19.0 Å². The third-order valence-electron chi connectivity index (χ3n) is 6.31. The maximum Gasteiger partial charge on any atom is 0.373 e. The molecule has 0 bridgehead atoms. The fraction of sp³-hybridized carbons (Fsp3) is 0.542. The number of nitrogens with zero attached hydrogens (tertiary/aromatic N) is 2. The van der Waals surface area contributed by atoms with E-state index in [-0.39, 0.29) is 23.3 Å². The molecule has 0 radical (unpaired) electrons. The minimum absolute atomic E-state index is 0.00354. The van der Waals surface area contributed by atoms with Crippen LogP contribution in [0.25, 0.3) is 10.2 Å². The Kier molecular flexibility index (Phi) is 5.81. The zero-order valence-corrected chi connectivity index (χ0v) is 19.7. The highest BCUT2D eigenvalue weighted by Crippen LogP contribution is 2.42. The first-order valence-corrected chi connectivity index (χ1v) is 11.8. The molecule has 0 N–H and O–H groups in total. The quantitative estimate of drug-likeness (QED) is 0.521. The van der Waals surface area contributed by atoms with Gasteiger partial charge >= 0.3 is 5.97 Å². The van der Waals surface area contributed by atoms with Gasteiger partial charge in [-0.05, 0) is 54.7 Å². The normalized spacial score (nSPS) is 16.5. The molecule has 0 aliphatic heterocycles. The lowest BCUT2D eigenvalue weighted by Gasteiger charge is -2.33. The van der Waals surface area contributed by atoms with E-state index in [9.17, 15) is 9.59 Å². The van der Waals surface area contributed by atoms with Crippen molar-refractivity contribution in [2.75, 3.05) is 7.11 Å². The number of fused-ring (bicyclic) bond motifs is 3. The molecule has 1 aliphatic rings. The van der Waals surface area contributed by atoms with E-state index in [1.165, 1.54) is 17.6 Å². The predicted octanol–water partition coefficient (Wildman–Crippen LogP) is 4.99. The molecule has 7 heteroatoms. The monoisotopic (exact) mass is 442 g/mol. The van der Waals surface area contributed by atoms with Crippen LogP contribution in [0.2, 0.25) is 0 Å². The van der Waals surface area contributed by atoms with Crippen molar-refractivity contribution >= 4 is 27.5 Å². The van der Waals surface area contributed by atoms with E-state index in [1.54, 1.807) is 28.0 Å². The van der Waals surface area contributed by atoms with E-state index in [2.05, 4.69) is 27.7 Å². The van der Waals surface area contributed by atoms with Crippen LogP contribution >= 0.6 is 11.3 Å². The molecule has 166 valence electrons. The van der Waals surface area contributed by atoms with Crippen LogP contribution in [0.5, 0.6) is 0 Å². The molecule has 4 rings (SSSR count). The van der Waals surface area contributed by atoms with E-state index in [0.717, 1.165) is 41.7 Å². The Labute approximate surface area is 186 Å². The summed E-state index contributed by atoms with van der Waals surface area (Å²) in [5.74, 6) is 1.53. The molecule has 0 amide bonds. The van der Waals surface area contributed by atoms with Gasteiger partial charge in [-0.1, -0.05) is 27.7 Å². The zero-order valence-electron chi connectivity index (χ0n) is 18.9. The van der Waals surface area contributed by atoms with Gasteiger partial charge in [-0.3, -0.25) is 9.36 Å². The zero-order chi connectivity index (χ0) is 22.3. The van der Waals surface area contributed by atoms with E-state index in [4.69, 9.17) is 14.1 Å². The van der Waals surface area contributed by atoms with Gasteiger partial charge in [0, 0.05) is 11.3 Å². The van der Waals surface area contributed by atoms with Crippen LogP contribution in [0.3, 0.4) is 0 Å². The van der Waals surface area contributed by atoms with Gasteiger partial charge in [0.15, 0.2) is 0 Å². The molecule has 0 fully saturated rings. The number of hydrogen-bond donors (Lipinski definition) is 0. The molecule has 0 aromatic carbocycles. The van der Waals surface area contributed by atoms with Gasteiger partial charge in [-0.2, -0.15) is 0 Å². The first-order chi connectivity index (χ1) is 14.7. The van der Waals surface area contributed by atoms with Crippen LogP contribution in [0.1, 0.15) is 73.1 Å². The maximum absolute atomic E-state index is 13.6. The van der Waals surface area contributed by atoms with Crippen molar-refractivity contribution in [1.29, 1.82) is 0 Å². The van der Waals surface area contributed by atoms with Crippen LogP contribution in [0.15, 0.2) is 21.3 Å². The summed E-state index contributed by atoms with van der Waals surface area (Å²) in [6, 6.07) is 3.30. The molecule has 0 saturated carbocycles. The summed E-state index contributed by atoms with van der Waals surface area (Å²) in [7, 11) is 1.32. The van der Waals surface area contributed by atoms with Crippen LogP contribution in [-0.4, -0.2) is 22.6 Å². The Balaban J connectivity index is 1.77. The van der Waals surface area contributed by atoms with Crippen molar-refractivity contribution in [3.8, 4) is 0 Å². The lowest BCUT2D eigenvalue weighted by atomic mass is 9.72. The Hall–Kier alpha value is -2.41. The average Bonchev–Trinajstić information content (AvgIpc) is 3.33. The number of ether oxygens (including phenoxy) is 1. The molecule has 31 heavy (non-hydrogen) atoms.